The van der Waals surface area contributed by atoms with Crippen LogP contribution in [0.1, 0.15) is 17.0 Å². The second kappa shape index (κ2) is 6.98. The van der Waals surface area contributed by atoms with E-state index < -0.39 is 10.0 Å². The van der Waals surface area contributed by atoms with E-state index in [1.165, 1.54) is 24.3 Å². The predicted molar refractivity (Wildman–Crippen MR) is 89.8 cm³/mol. The summed E-state index contributed by atoms with van der Waals surface area (Å²) >= 11 is 0. The number of rotatable bonds is 5. The van der Waals surface area contributed by atoms with Gasteiger partial charge in [-0.15, -0.1) is 0 Å². The van der Waals surface area contributed by atoms with Crippen LogP contribution in [0.5, 0.6) is 0 Å². The summed E-state index contributed by atoms with van der Waals surface area (Å²) in [4.78, 5) is 23.5. The Morgan fingerprint density at radius 3 is 2.17 bits per heavy atom. The molecule has 1 aromatic heterocycles. The number of amides is 1. The molecule has 0 spiro atoms. The number of nitrogens with one attached hydrogen (secondary N) is 1. The van der Waals surface area contributed by atoms with Gasteiger partial charge in [0.2, 0.25) is 15.9 Å². The summed E-state index contributed by atoms with van der Waals surface area (Å²) < 4.78 is 24.1. The van der Waals surface area contributed by atoms with Crippen molar-refractivity contribution >= 4 is 15.9 Å². The predicted octanol–water partition coefficient (Wildman–Crippen LogP) is 0.429. The molecule has 3 N–H and O–H groups in total. The van der Waals surface area contributed by atoms with Gasteiger partial charge in [0.1, 0.15) is 6.54 Å². The Morgan fingerprint density at radius 2 is 1.67 bits per heavy atom. The first-order chi connectivity index (χ1) is 11.2. The van der Waals surface area contributed by atoms with Crippen molar-refractivity contribution in [2.24, 2.45) is 5.14 Å². The van der Waals surface area contributed by atoms with Crippen LogP contribution in [0.2, 0.25) is 0 Å². The highest BCUT2D eigenvalue weighted by molar-refractivity contribution is 7.89. The number of benzene rings is 1. The van der Waals surface area contributed by atoms with Gasteiger partial charge in [-0.1, -0.05) is 12.1 Å². The van der Waals surface area contributed by atoms with Gasteiger partial charge in [0.15, 0.2) is 5.43 Å². The second-order valence-electron chi connectivity index (χ2n) is 5.53. The Kier molecular flexibility index (Phi) is 5.20. The molecule has 7 nitrogen and oxygen atoms in total. The molecule has 1 amide bonds. The molecular weight excluding hydrogens is 330 g/mol. The number of pyridine rings is 1. The zero-order chi connectivity index (χ0) is 17.9. The summed E-state index contributed by atoms with van der Waals surface area (Å²) in [5.41, 5.74) is 2.10. The topological polar surface area (TPSA) is 111 Å². The molecule has 0 radical (unpaired) electrons. The summed E-state index contributed by atoms with van der Waals surface area (Å²) in [6.45, 7) is 3.91. The first-order valence-electron chi connectivity index (χ1n) is 7.23. The second-order valence-corrected chi connectivity index (χ2v) is 7.09. The number of primary sulfonamides is 1. The largest absolute Gasteiger partial charge is 0.350 e. The lowest BCUT2D eigenvalue weighted by atomic mass is 10.2. The Balaban J connectivity index is 2.00. The van der Waals surface area contributed by atoms with Gasteiger partial charge in [0, 0.05) is 30.1 Å². The maximum absolute atomic E-state index is 12.1. The zero-order valence-electron chi connectivity index (χ0n) is 13.4. The van der Waals surface area contributed by atoms with E-state index in [-0.39, 0.29) is 29.3 Å². The summed E-state index contributed by atoms with van der Waals surface area (Å²) in [7, 11) is -3.72. The number of aryl methyl sites for hydroxylation is 2. The lowest BCUT2D eigenvalue weighted by Crippen LogP contribution is -2.29. The number of aromatic nitrogens is 1. The molecular formula is C16H19N3O4S. The number of carbonyl (C=O) groups is 1. The van der Waals surface area contributed by atoms with Gasteiger partial charge >= 0.3 is 0 Å². The van der Waals surface area contributed by atoms with Crippen molar-refractivity contribution in [2.75, 3.05) is 0 Å². The van der Waals surface area contributed by atoms with Crippen LogP contribution in [0.15, 0.2) is 46.1 Å². The molecule has 128 valence electrons. The quantitative estimate of drug-likeness (QED) is 0.815. The number of hydrogen-bond acceptors (Lipinski definition) is 4. The van der Waals surface area contributed by atoms with Gasteiger partial charge in [-0.3, -0.25) is 9.59 Å². The van der Waals surface area contributed by atoms with Crippen molar-refractivity contribution in [2.45, 2.75) is 31.8 Å². The highest BCUT2D eigenvalue weighted by Crippen LogP contribution is 2.08. The van der Waals surface area contributed by atoms with Crippen LogP contribution in [-0.2, 0) is 27.9 Å². The molecule has 0 saturated heterocycles. The van der Waals surface area contributed by atoms with E-state index >= 15 is 0 Å². The molecule has 8 heteroatoms. The van der Waals surface area contributed by atoms with Crippen LogP contribution >= 0.6 is 0 Å². The fraction of sp³-hybridized carbons (Fsp3) is 0.250. The number of carbonyl (C=O) groups excluding carboxylic acids is 1. The average molecular weight is 349 g/mol. The van der Waals surface area contributed by atoms with E-state index in [9.17, 15) is 18.0 Å². The van der Waals surface area contributed by atoms with E-state index in [2.05, 4.69) is 5.32 Å². The van der Waals surface area contributed by atoms with Crippen LogP contribution in [-0.4, -0.2) is 18.9 Å². The third-order valence-corrected chi connectivity index (χ3v) is 4.53. The Bertz CT molecular complexity index is 889. The highest BCUT2D eigenvalue weighted by Gasteiger charge is 2.09. The maximum Gasteiger partial charge on any atom is 0.240 e. The van der Waals surface area contributed by atoms with E-state index in [0.29, 0.717) is 11.4 Å². The van der Waals surface area contributed by atoms with E-state index in [1.54, 1.807) is 30.5 Å². The number of nitrogens with zero attached hydrogens (tertiary/aromatic N) is 1. The highest BCUT2D eigenvalue weighted by atomic mass is 32.2. The third-order valence-electron chi connectivity index (χ3n) is 3.60. The van der Waals surface area contributed by atoms with E-state index in [4.69, 9.17) is 5.14 Å². The Hall–Kier alpha value is -2.45. The summed E-state index contributed by atoms with van der Waals surface area (Å²) in [6, 6.07) is 8.93. The van der Waals surface area contributed by atoms with Crippen LogP contribution in [0.4, 0.5) is 0 Å². The lowest BCUT2D eigenvalue weighted by Gasteiger charge is -2.14. The first-order valence-corrected chi connectivity index (χ1v) is 8.78. The number of nitrogens with two attached hydrogens (primary N) is 1. The molecule has 0 unspecified atom stereocenters. The van der Waals surface area contributed by atoms with Crippen molar-refractivity contribution in [1.29, 1.82) is 0 Å². The monoisotopic (exact) mass is 349 g/mol. The zero-order valence-corrected chi connectivity index (χ0v) is 14.3. The maximum atomic E-state index is 12.1. The van der Waals surface area contributed by atoms with Crippen molar-refractivity contribution in [3.8, 4) is 0 Å². The number of sulfonamides is 1. The average Bonchev–Trinajstić information content (AvgIpc) is 2.48. The molecule has 0 saturated carbocycles. The summed E-state index contributed by atoms with van der Waals surface area (Å²) in [5, 5.41) is 7.79. The van der Waals surface area contributed by atoms with Crippen molar-refractivity contribution in [3.63, 3.8) is 0 Å². The first kappa shape index (κ1) is 17.9. The van der Waals surface area contributed by atoms with Gasteiger partial charge in [0.25, 0.3) is 0 Å². The van der Waals surface area contributed by atoms with Crippen LogP contribution in [0.25, 0.3) is 0 Å². The molecule has 2 rings (SSSR count). The third kappa shape index (κ3) is 4.53. The minimum absolute atomic E-state index is 0.0251. The van der Waals surface area contributed by atoms with Gasteiger partial charge in [-0.25, -0.2) is 13.6 Å². The van der Waals surface area contributed by atoms with E-state index in [1.807, 2.05) is 0 Å². The summed E-state index contributed by atoms with van der Waals surface area (Å²) in [5.74, 6) is -0.208. The normalized spacial score (nSPS) is 11.3. The van der Waals surface area contributed by atoms with Crippen LogP contribution in [0.3, 0.4) is 0 Å². The molecule has 0 aliphatic heterocycles. The molecule has 2 aromatic rings. The molecule has 0 aliphatic rings. The molecule has 0 fully saturated rings. The van der Waals surface area contributed by atoms with Crippen LogP contribution < -0.4 is 15.9 Å². The molecule has 0 bridgehead atoms. The van der Waals surface area contributed by atoms with Crippen molar-refractivity contribution < 1.29 is 13.2 Å². The molecule has 1 aromatic carbocycles. The molecule has 1 heterocycles. The van der Waals surface area contributed by atoms with Crippen molar-refractivity contribution in [1.82, 2.24) is 9.88 Å². The Morgan fingerprint density at radius 1 is 1.12 bits per heavy atom. The van der Waals surface area contributed by atoms with Gasteiger partial charge in [0.05, 0.1) is 4.90 Å². The lowest BCUT2D eigenvalue weighted by molar-refractivity contribution is -0.121. The smallest absolute Gasteiger partial charge is 0.240 e. The minimum Gasteiger partial charge on any atom is -0.350 e. The van der Waals surface area contributed by atoms with Gasteiger partial charge in [-0.2, -0.15) is 0 Å². The molecule has 0 aliphatic carbocycles. The minimum atomic E-state index is -3.72. The molecule has 0 atom stereocenters. The fourth-order valence-electron chi connectivity index (χ4n) is 2.33. The van der Waals surface area contributed by atoms with Crippen LogP contribution in [0, 0.1) is 13.8 Å². The standard InChI is InChI=1S/C16H19N3O4S/c1-11-7-14(20)8-12(2)19(11)10-16(21)18-9-13-3-5-15(6-4-13)24(17,22)23/h3-8H,9-10H2,1-2H3,(H,18,21)(H2,17,22,23). The van der Waals surface area contributed by atoms with E-state index in [0.717, 1.165) is 5.56 Å². The van der Waals surface area contributed by atoms with Gasteiger partial charge in [-0.05, 0) is 31.5 Å². The SMILES string of the molecule is Cc1cc(=O)cc(C)n1CC(=O)NCc1ccc(S(N)(=O)=O)cc1. The van der Waals surface area contributed by atoms with Crippen molar-refractivity contribution in [3.05, 3.63) is 63.6 Å². The fourth-order valence-corrected chi connectivity index (χ4v) is 2.85. The molecule has 24 heavy (non-hydrogen) atoms. The summed E-state index contributed by atoms with van der Waals surface area (Å²) in [6.07, 6.45) is 0. The number of hydrogen-bond donors (Lipinski definition) is 2. The van der Waals surface area contributed by atoms with Gasteiger partial charge < -0.3 is 9.88 Å². The Labute approximate surface area is 140 Å².